The molecule has 1 fully saturated rings. The Morgan fingerprint density at radius 1 is 0.900 bits per heavy atom. The molecule has 2 N–H and O–H groups in total. The summed E-state index contributed by atoms with van der Waals surface area (Å²) in [5.74, 6) is 0.682. The van der Waals surface area contributed by atoms with Gasteiger partial charge in [-0.1, -0.05) is 24.3 Å². The standard InChI is InChI=1S/C24H32O6/c25-21-9-5-17(6-10-21)13-23(27)29-15-19-1-2-20(4-3-19)16-30-24(28)14-18-7-11-22(26)12-8-18/h5-7,9,11-12,18-21,25-26H,1-4,8,10,13-16H2. The summed E-state index contributed by atoms with van der Waals surface area (Å²) in [6, 6.07) is 0. The Labute approximate surface area is 177 Å². The summed E-state index contributed by atoms with van der Waals surface area (Å²) < 4.78 is 10.9. The zero-order valence-corrected chi connectivity index (χ0v) is 17.4. The number of allylic oxidation sites excluding steroid dienone is 4. The van der Waals surface area contributed by atoms with E-state index in [0.717, 1.165) is 31.3 Å². The van der Waals surface area contributed by atoms with E-state index in [9.17, 15) is 19.8 Å². The first-order valence-electron chi connectivity index (χ1n) is 10.9. The fourth-order valence-electron chi connectivity index (χ4n) is 4.07. The van der Waals surface area contributed by atoms with Gasteiger partial charge in [0, 0.05) is 0 Å². The van der Waals surface area contributed by atoms with E-state index in [1.54, 1.807) is 24.3 Å². The molecule has 0 aromatic carbocycles. The summed E-state index contributed by atoms with van der Waals surface area (Å²) in [5, 5.41) is 18.7. The van der Waals surface area contributed by atoms with E-state index >= 15 is 0 Å². The summed E-state index contributed by atoms with van der Waals surface area (Å²) >= 11 is 0. The predicted molar refractivity (Wildman–Crippen MR) is 112 cm³/mol. The molecule has 0 aromatic rings. The van der Waals surface area contributed by atoms with E-state index < -0.39 is 6.10 Å². The molecule has 30 heavy (non-hydrogen) atoms. The van der Waals surface area contributed by atoms with Gasteiger partial charge in [-0.25, -0.2) is 0 Å². The summed E-state index contributed by atoms with van der Waals surface area (Å²) in [4.78, 5) is 24.1. The van der Waals surface area contributed by atoms with Crippen LogP contribution in [0.4, 0.5) is 0 Å². The fraction of sp³-hybridized carbons (Fsp3) is 0.583. The third kappa shape index (κ3) is 7.48. The number of rotatable bonds is 8. The van der Waals surface area contributed by atoms with Gasteiger partial charge in [0.1, 0.15) is 5.76 Å². The van der Waals surface area contributed by atoms with Crippen LogP contribution in [0, 0.1) is 17.8 Å². The van der Waals surface area contributed by atoms with Crippen molar-refractivity contribution >= 4 is 11.9 Å². The number of esters is 2. The van der Waals surface area contributed by atoms with Gasteiger partial charge < -0.3 is 19.7 Å². The van der Waals surface area contributed by atoms with Gasteiger partial charge in [0.25, 0.3) is 0 Å². The van der Waals surface area contributed by atoms with Crippen molar-refractivity contribution in [2.45, 2.75) is 57.5 Å². The zero-order valence-electron chi connectivity index (χ0n) is 17.4. The highest BCUT2D eigenvalue weighted by molar-refractivity contribution is 5.73. The molecule has 0 heterocycles. The average Bonchev–Trinajstić information content (AvgIpc) is 2.75. The number of aliphatic hydroxyl groups excluding tert-OH is 2. The summed E-state index contributed by atoms with van der Waals surface area (Å²) in [6.45, 7) is 0.897. The number of hydrogen-bond donors (Lipinski definition) is 2. The first-order chi connectivity index (χ1) is 14.5. The lowest BCUT2D eigenvalue weighted by molar-refractivity contribution is -0.147. The Bertz CT molecular complexity index is 724. The largest absolute Gasteiger partial charge is 0.508 e. The van der Waals surface area contributed by atoms with Crippen molar-refractivity contribution in [1.29, 1.82) is 0 Å². The Balaban J connectivity index is 1.26. The van der Waals surface area contributed by atoms with Crippen LogP contribution in [0.25, 0.3) is 0 Å². The van der Waals surface area contributed by atoms with E-state index in [1.807, 2.05) is 12.2 Å². The van der Waals surface area contributed by atoms with Gasteiger partial charge in [-0.15, -0.1) is 0 Å². The van der Waals surface area contributed by atoms with E-state index in [2.05, 4.69) is 0 Å². The Morgan fingerprint density at radius 2 is 1.57 bits per heavy atom. The SMILES string of the molecule is O=C(CC1=CCC(O)C=C1)OCC1CCC(COC(=O)CC2C=CC(O)=CC2)CC1. The molecule has 0 saturated heterocycles. The van der Waals surface area contributed by atoms with Gasteiger partial charge in [-0.05, 0) is 74.0 Å². The Hall–Kier alpha value is -2.34. The smallest absolute Gasteiger partial charge is 0.310 e. The molecule has 0 radical (unpaired) electrons. The second kappa shape index (κ2) is 11.2. The predicted octanol–water partition coefficient (Wildman–Crippen LogP) is 3.92. The van der Waals surface area contributed by atoms with Gasteiger partial charge in [0.05, 0.1) is 32.2 Å². The maximum atomic E-state index is 12.0. The molecule has 0 aliphatic heterocycles. The summed E-state index contributed by atoms with van der Waals surface area (Å²) in [7, 11) is 0. The molecule has 0 spiro atoms. The first kappa shape index (κ1) is 22.3. The molecule has 6 heteroatoms. The molecule has 3 rings (SSSR count). The molecule has 164 valence electrons. The van der Waals surface area contributed by atoms with Crippen molar-refractivity contribution in [2.24, 2.45) is 17.8 Å². The second-order valence-electron chi connectivity index (χ2n) is 8.56. The fourth-order valence-corrected chi connectivity index (χ4v) is 4.07. The van der Waals surface area contributed by atoms with Crippen molar-refractivity contribution < 1.29 is 29.3 Å². The minimum Gasteiger partial charge on any atom is -0.508 e. The number of carbonyl (C=O) groups excluding carboxylic acids is 2. The van der Waals surface area contributed by atoms with Crippen LogP contribution in [0.15, 0.2) is 47.8 Å². The normalized spacial score (nSPS) is 28.4. The molecular formula is C24H32O6. The van der Waals surface area contributed by atoms with Crippen LogP contribution in [-0.4, -0.2) is 41.5 Å². The van der Waals surface area contributed by atoms with Crippen molar-refractivity contribution in [2.75, 3.05) is 13.2 Å². The van der Waals surface area contributed by atoms with Crippen LogP contribution in [-0.2, 0) is 19.1 Å². The Kier molecular flexibility index (Phi) is 8.31. The second-order valence-corrected chi connectivity index (χ2v) is 8.56. The molecule has 3 aliphatic carbocycles. The molecule has 3 aliphatic rings. The molecule has 2 atom stereocenters. The highest BCUT2D eigenvalue weighted by Gasteiger charge is 2.24. The van der Waals surface area contributed by atoms with E-state index in [-0.39, 0.29) is 30.0 Å². The van der Waals surface area contributed by atoms with Crippen LogP contribution in [0.1, 0.15) is 51.4 Å². The third-order valence-corrected chi connectivity index (χ3v) is 6.03. The van der Waals surface area contributed by atoms with E-state index in [0.29, 0.717) is 44.3 Å². The molecular weight excluding hydrogens is 384 g/mol. The number of aliphatic hydroxyl groups is 2. The van der Waals surface area contributed by atoms with Gasteiger partial charge in [0.2, 0.25) is 0 Å². The van der Waals surface area contributed by atoms with Crippen LogP contribution >= 0.6 is 0 Å². The monoisotopic (exact) mass is 416 g/mol. The van der Waals surface area contributed by atoms with Crippen LogP contribution in [0.3, 0.4) is 0 Å². The van der Waals surface area contributed by atoms with Gasteiger partial charge in [-0.3, -0.25) is 9.59 Å². The van der Waals surface area contributed by atoms with Gasteiger partial charge >= 0.3 is 11.9 Å². The van der Waals surface area contributed by atoms with Crippen molar-refractivity contribution in [3.63, 3.8) is 0 Å². The number of carbonyl (C=O) groups is 2. The van der Waals surface area contributed by atoms with E-state index in [4.69, 9.17) is 9.47 Å². The topological polar surface area (TPSA) is 93.1 Å². The lowest BCUT2D eigenvalue weighted by Gasteiger charge is -2.28. The van der Waals surface area contributed by atoms with Crippen molar-refractivity contribution in [3.8, 4) is 0 Å². The average molecular weight is 417 g/mol. The molecule has 0 aromatic heterocycles. The lowest BCUT2D eigenvalue weighted by Crippen LogP contribution is -2.24. The maximum Gasteiger partial charge on any atom is 0.310 e. The molecule has 1 saturated carbocycles. The summed E-state index contributed by atoms with van der Waals surface area (Å²) in [6.07, 6.45) is 15.8. The van der Waals surface area contributed by atoms with Crippen molar-refractivity contribution in [1.82, 2.24) is 0 Å². The highest BCUT2D eigenvalue weighted by atomic mass is 16.5. The van der Waals surface area contributed by atoms with Gasteiger partial charge in [-0.2, -0.15) is 0 Å². The van der Waals surface area contributed by atoms with Crippen LogP contribution < -0.4 is 0 Å². The van der Waals surface area contributed by atoms with Gasteiger partial charge in [0.15, 0.2) is 0 Å². The molecule has 6 nitrogen and oxygen atoms in total. The summed E-state index contributed by atoms with van der Waals surface area (Å²) in [5.41, 5.74) is 0.896. The molecule has 0 amide bonds. The quantitative estimate of drug-likeness (QED) is 0.583. The number of hydrogen-bond acceptors (Lipinski definition) is 6. The third-order valence-electron chi connectivity index (χ3n) is 6.03. The van der Waals surface area contributed by atoms with E-state index in [1.165, 1.54) is 0 Å². The Morgan fingerprint density at radius 3 is 2.13 bits per heavy atom. The van der Waals surface area contributed by atoms with Crippen LogP contribution in [0.5, 0.6) is 0 Å². The zero-order chi connectivity index (χ0) is 21.3. The van der Waals surface area contributed by atoms with Crippen LogP contribution in [0.2, 0.25) is 0 Å². The first-order valence-corrected chi connectivity index (χ1v) is 10.9. The minimum absolute atomic E-state index is 0.101. The number of ether oxygens (including phenoxy) is 2. The molecule has 0 bridgehead atoms. The highest BCUT2D eigenvalue weighted by Crippen LogP contribution is 2.30. The van der Waals surface area contributed by atoms with Crippen molar-refractivity contribution in [3.05, 3.63) is 47.8 Å². The lowest BCUT2D eigenvalue weighted by atomic mass is 9.83. The minimum atomic E-state index is -0.449. The molecule has 2 unspecified atom stereocenters. The maximum absolute atomic E-state index is 12.0.